The molecule has 4 nitrogen and oxygen atoms in total. The van der Waals surface area contributed by atoms with Crippen LogP contribution in [0, 0.1) is 12.7 Å². The van der Waals surface area contributed by atoms with Gasteiger partial charge in [-0.25, -0.2) is 9.18 Å². The van der Waals surface area contributed by atoms with E-state index in [1.165, 1.54) is 18.4 Å². The molecule has 0 aliphatic heterocycles. The Labute approximate surface area is 103 Å². The summed E-state index contributed by atoms with van der Waals surface area (Å²) in [5.41, 5.74) is 1.24. The molecule has 2 aromatic rings. The monoisotopic (exact) mass is 249 g/mol. The summed E-state index contributed by atoms with van der Waals surface area (Å²) in [7, 11) is 0. The van der Waals surface area contributed by atoms with E-state index < -0.39 is 5.97 Å². The lowest BCUT2D eigenvalue weighted by Gasteiger charge is -2.06. The summed E-state index contributed by atoms with van der Waals surface area (Å²) in [5.74, 6) is -1.04. The van der Waals surface area contributed by atoms with E-state index in [2.05, 4.69) is 5.32 Å². The van der Waals surface area contributed by atoms with Crippen molar-refractivity contribution in [1.29, 1.82) is 0 Å². The largest absolute Gasteiger partial charge is 0.478 e. The van der Waals surface area contributed by atoms with Crippen molar-refractivity contribution in [3.05, 3.63) is 53.2 Å². The molecule has 0 bridgehead atoms. The average Bonchev–Trinajstić information content (AvgIpc) is 2.79. The van der Waals surface area contributed by atoms with Crippen LogP contribution in [0.1, 0.15) is 21.7 Å². The molecule has 18 heavy (non-hydrogen) atoms. The third kappa shape index (κ3) is 2.51. The topological polar surface area (TPSA) is 62.5 Å². The van der Waals surface area contributed by atoms with Crippen LogP contribution in [0.5, 0.6) is 0 Å². The Kier molecular flexibility index (Phi) is 3.32. The number of carboxylic acids is 1. The van der Waals surface area contributed by atoms with Gasteiger partial charge in [0.1, 0.15) is 17.1 Å². The molecule has 94 valence electrons. The summed E-state index contributed by atoms with van der Waals surface area (Å²) in [5, 5.41) is 11.8. The molecular weight excluding hydrogens is 237 g/mol. The van der Waals surface area contributed by atoms with E-state index >= 15 is 0 Å². The Balaban J connectivity index is 2.09. The lowest BCUT2D eigenvalue weighted by molar-refractivity contribution is 0.0694. The second kappa shape index (κ2) is 4.91. The van der Waals surface area contributed by atoms with E-state index in [0.717, 1.165) is 0 Å². The van der Waals surface area contributed by atoms with Crippen LogP contribution in [0.15, 0.2) is 34.9 Å². The maximum atomic E-state index is 13.3. The third-order valence-corrected chi connectivity index (χ3v) is 2.60. The van der Waals surface area contributed by atoms with Crippen molar-refractivity contribution in [2.75, 3.05) is 5.32 Å². The van der Waals surface area contributed by atoms with Gasteiger partial charge in [0.05, 0.1) is 12.8 Å². The molecule has 0 aliphatic rings. The molecule has 1 aromatic carbocycles. The van der Waals surface area contributed by atoms with Crippen LogP contribution in [-0.2, 0) is 6.54 Å². The lowest BCUT2D eigenvalue weighted by Crippen LogP contribution is -2.04. The first kappa shape index (κ1) is 12.2. The van der Waals surface area contributed by atoms with Gasteiger partial charge >= 0.3 is 5.97 Å². The van der Waals surface area contributed by atoms with Gasteiger partial charge < -0.3 is 14.8 Å². The van der Waals surface area contributed by atoms with Gasteiger partial charge in [-0.15, -0.1) is 0 Å². The van der Waals surface area contributed by atoms with Gasteiger partial charge in [0.25, 0.3) is 0 Å². The molecule has 0 saturated carbocycles. The number of hydrogen-bond acceptors (Lipinski definition) is 3. The van der Waals surface area contributed by atoms with Crippen LogP contribution in [0.3, 0.4) is 0 Å². The standard InChI is InChI=1S/C13H12FNO3/c1-8-2-3-9(6-11(8)14)15-7-12-10(13(16)17)4-5-18-12/h2-6,15H,7H2,1H3,(H,16,17). The normalized spacial score (nSPS) is 10.3. The van der Waals surface area contributed by atoms with Gasteiger partial charge in [-0.2, -0.15) is 0 Å². The van der Waals surface area contributed by atoms with Crippen molar-refractivity contribution in [3.63, 3.8) is 0 Å². The predicted molar refractivity (Wildman–Crippen MR) is 64.1 cm³/mol. The summed E-state index contributed by atoms with van der Waals surface area (Å²) in [6.07, 6.45) is 1.32. The van der Waals surface area contributed by atoms with Gasteiger partial charge in [-0.3, -0.25) is 0 Å². The zero-order chi connectivity index (χ0) is 13.1. The van der Waals surface area contributed by atoms with Crippen LogP contribution in [0.4, 0.5) is 10.1 Å². The number of benzene rings is 1. The Morgan fingerprint density at radius 3 is 2.89 bits per heavy atom. The van der Waals surface area contributed by atoms with E-state index in [1.807, 2.05) is 0 Å². The quantitative estimate of drug-likeness (QED) is 0.874. The molecule has 0 aliphatic carbocycles. The Morgan fingerprint density at radius 1 is 1.44 bits per heavy atom. The molecule has 1 aromatic heterocycles. The first-order chi connectivity index (χ1) is 8.58. The molecule has 0 saturated heterocycles. The second-order valence-corrected chi connectivity index (χ2v) is 3.88. The van der Waals surface area contributed by atoms with Crippen molar-refractivity contribution in [2.24, 2.45) is 0 Å². The fourth-order valence-electron chi connectivity index (χ4n) is 1.55. The van der Waals surface area contributed by atoms with Gasteiger partial charge in [0.15, 0.2) is 0 Å². The summed E-state index contributed by atoms with van der Waals surface area (Å²) in [6, 6.07) is 6.12. The molecule has 0 spiro atoms. The van der Waals surface area contributed by atoms with Crippen molar-refractivity contribution in [3.8, 4) is 0 Å². The second-order valence-electron chi connectivity index (χ2n) is 3.88. The minimum Gasteiger partial charge on any atom is -0.478 e. The number of rotatable bonds is 4. The van der Waals surface area contributed by atoms with E-state index in [4.69, 9.17) is 9.52 Å². The number of hydrogen-bond donors (Lipinski definition) is 2. The average molecular weight is 249 g/mol. The molecule has 5 heteroatoms. The first-order valence-corrected chi connectivity index (χ1v) is 5.37. The summed E-state index contributed by atoms with van der Waals surface area (Å²) in [4.78, 5) is 10.8. The molecule has 2 rings (SSSR count). The summed E-state index contributed by atoms with van der Waals surface area (Å²) in [6.45, 7) is 1.87. The zero-order valence-electron chi connectivity index (χ0n) is 9.74. The number of carbonyl (C=O) groups is 1. The van der Waals surface area contributed by atoms with Crippen molar-refractivity contribution in [2.45, 2.75) is 13.5 Å². The SMILES string of the molecule is Cc1ccc(NCc2occc2C(=O)O)cc1F. The molecular formula is C13H12FNO3. The van der Waals surface area contributed by atoms with Crippen LogP contribution >= 0.6 is 0 Å². The van der Waals surface area contributed by atoms with Crippen LogP contribution < -0.4 is 5.32 Å². The number of aryl methyl sites for hydroxylation is 1. The summed E-state index contributed by atoms with van der Waals surface area (Å²) < 4.78 is 18.4. The van der Waals surface area contributed by atoms with Crippen LogP contribution in [0.25, 0.3) is 0 Å². The lowest BCUT2D eigenvalue weighted by atomic mass is 10.2. The van der Waals surface area contributed by atoms with Gasteiger partial charge in [-0.1, -0.05) is 6.07 Å². The molecule has 0 atom stereocenters. The number of aromatic carboxylic acids is 1. The predicted octanol–water partition coefficient (Wildman–Crippen LogP) is 3.04. The van der Waals surface area contributed by atoms with Crippen molar-refractivity contribution < 1.29 is 18.7 Å². The molecule has 1 heterocycles. The van der Waals surface area contributed by atoms with Crippen molar-refractivity contribution >= 4 is 11.7 Å². The number of furan rings is 1. The number of carboxylic acid groups (broad SMARTS) is 1. The van der Waals surface area contributed by atoms with Crippen LogP contribution in [0.2, 0.25) is 0 Å². The van der Waals surface area contributed by atoms with E-state index in [0.29, 0.717) is 17.0 Å². The Hall–Kier alpha value is -2.30. The number of anilines is 1. The maximum Gasteiger partial charge on any atom is 0.339 e. The highest BCUT2D eigenvalue weighted by Gasteiger charge is 2.12. The first-order valence-electron chi connectivity index (χ1n) is 5.37. The van der Waals surface area contributed by atoms with Crippen LogP contribution in [-0.4, -0.2) is 11.1 Å². The summed E-state index contributed by atoms with van der Waals surface area (Å²) >= 11 is 0. The number of halogens is 1. The Bertz CT molecular complexity index is 577. The molecule has 2 N–H and O–H groups in total. The fraction of sp³-hybridized carbons (Fsp3) is 0.154. The van der Waals surface area contributed by atoms with E-state index in [9.17, 15) is 9.18 Å². The highest BCUT2D eigenvalue weighted by molar-refractivity contribution is 5.88. The van der Waals surface area contributed by atoms with Crippen molar-refractivity contribution in [1.82, 2.24) is 0 Å². The fourth-order valence-corrected chi connectivity index (χ4v) is 1.55. The minimum absolute atomic E-state index is 0.107. The molecule has 0 unspecified atom stereocenters. The highest BCUT2D eigenvalue weighted by Crippen LogP contribution is 2.16. The minimum atomic E-state index is -1.05. The van der Waals surface area contributed by atoms with Gasteiger partial charge in [0.2, 0.25) is 0 Å². The third-order valence-electron chi connectivity index (χ3n) is 2.60. The van der Waals surface area contributed by atoms with E-state index in [1.54, 1.807) is 19.1 Å². The Morgan fingerprint density at radius 2 is 2.22 bits per heavy atom. The highest BCUT2D eigenvalue weighted by atomic mass is 19.1. The smallest absolute Gasteiger partial charge is 0.339 e. The molecule has 0 amide bonds. The zero-order valence-corrected chi connectivity index (χ0v) is 9.74. The molecule has 0 fully saturated rings. The van der Waals surface area contributed by atoms with Gasteiger partial charge in [0, 0.05) is 5.69 Å². The molecule has 0 radical (unpaired) electrons. The number of nitrogens with one attached hydrogen (secondary N) is 1. The van der Waals surface area contributed by atoms with E-state index in [-0.39, 0.29) is 17.9 Å². The van der Waals surface area contributed by atoms with Gasteiger partial charge in [-0.05, 0) is 30.7 Å². The maximum absolute atomic E-state index is 13.3.